The van der Waals surface area contributed by atoms with Gasteiger partial charge < -0.3 is 5.73 Å². The molecular weight excluding hydrogens is 384 g/mol. The van der Waals surface area contributed by atoms with Crippen LogP contribution in [0, 0.1) is 5.92 Å². The largest absolute Gasteiger partial charge is 0.369 e. The van der Waals surface area contributed by atoms with Crippen molar-refractivity contribution in [2.45, 2.75) is 39.0 Å². The Morgan fingerprint density at radius 3 is 2.14 bits per heavy atom. The molecule has 1 unspecified atom stereocenters. The van der Waals surface area contributed by atoms with Crippen LogP contribution in [-0.2, 0) is 33.1 Å². The molecule has 1 atom stereocenters. The number of benzene rings is 2. The van der Waals surface area contributed by atoms with Crippen molar-refractivity contribution in [3.8, 4) is 0 Å². The normalized spacial score (nSPS) is 13.0. The number of rotatable bonds is 8. The second-order valence-electron chi connectivity index (χ2n) is 8.45. The number of hydrogen-bond acceptors (Lipinski definition) is 3. The summed E-state index contributed by atoms with van der Waals surface area (Å²) in [4.78, 5) is 12.1. The number of nitrogens with one attached hydrogen (secondary N) is 1. The Kier molecular flexibility index (Phi) is 6.90. The van der Waals surface area contributed by atoms with Gasteiger partial charge in [-0.25, -0.2) is 8.42 Å². The van der Waals surface area contributed by atoms with E-state index in [1.165, 1.54) is 5.56 Å². The van der Waals surface area contributed by atoms with Gasteiger partial charge in [-0.3, -0.25) is 9.52 Å². The number of nitrogens with two attached hydrogens (primary N) is 1. The lowest BCUT2D eigenvalue weighted by Gasteiger charge is -2.20. The molecule has 2 aromatic rings. The van der Waals surface area contributed by atoms with Gasteiger partial charge in [-0.05, 0) is 52.6 Å². The van der Waals surface area contributed by atoms with Gasteiger partial charge in [0.2, 0.25) is 15.9 Å². The Bertz CT molecular complexity index is 988. The summed E-state index contributed by atoms with van der Waals surface area (Å²) in [6.45, 7) is 10.2. The molecule has 2 rings (SSSR count). The van der Waals surface area contributed by atoms with Gasteiger partial charge in [-0.15, -0.1) is 0 Å². The number of sulfonamides is 1. The highest BCUT2D eigenvalue weighted by molar-refractivity contribution is 7.92. The second kappa shape index (κ2) is 8.82. The van der Waals surface area contributed by atoms with Crippen molar-refractivity contribution in [1.29, 1.82) is 0 Å². The molecule has 0 aromatic heterocycles. The molecule has 1 amide bonds. The van der Waals surface area contributed by atoms with Crippen molar-refractivity contribution in [2.24, 2.45) is 11.7 Å². The van der Waals surface area contributed by atoms with Crippen LogP contribution in [0.3, 0.4) is 0 Å². The molecule has 0 bridgehead atoms. The van der Waals surface area contributed by atoms with Crippen molar-refractivity contribution < 1.29 is 13.2 Å². The third kappa shape index (κ3) is 6.75. The minimum Gasteiger partial charge on any atom is -0.369 e. The predicted octanol–water partition coefficient (Wildman–Crippen LogP) is 3.89. The maximum absolute atomic E-state index is 12.1. The number of amides is 1. The molecule has 3 N–H and O–H groups in total. The second-order valence-corrected chi connectivity index (χ2v) is 10.2. The molecule has 0 saturated heterocycles. The maximum Gasteiger partial charge on any atom is 0.229 e. The summed E-state index contributed by atoms with van der Waals surface area (Å²) in [6.07, 6.45) is 3.70. The third-order valence-corrected chi connectivity index (χ3v) is 5.41. The van der Waals surface area contributed by atoms with Gasteiger partial charge in [0, 0.05) is 5.92 Å². The molecule has 156 valence electrons. The molecule has 0 aliphatic heterocycles. The molecule has 0 radical (unpaired) electrons. The predicted molar refractivity (Wildman–Crippen MR) is 120 cm³/mol. The zero-order valence-electron chi connectivity index (χ0n) is 17.5. The summed E-state index contributed by atoms with van der Waals surface area (Å²) in [7, 11) is -3.39. The van der Waals surface area contributed by atoms with E-state index in [1.54, 1.807) is 18.2 Å². The fraction of sp³-hybridized carbons (Fsp3) is 0.348. The maximum atomic E-state index is 12.1. The standard InChI is InChI=1S/C23H30N2O3S/c1-6-18-14-17(9-12-21(18)25-29(5,27)28)15-19(22(24)26)13-16-7-10-20(11-8-16)23(2,3)4/h6-12,14,19,25H,1,13,15H2,2-5H3,(H2,24,26). The number of carbonyl (C=O) groups excluding carboxylic acids is 1. The Morgan fingerprint density at radius 2 is 1.66 bits per heavy atom. The van der Waals surface area contributed by atoms with E-state index in [0.29, 0.717) is 24.1 Å². The van der Waals surface area contributed by atoms with E-state index in [-0.39, 0.29) is 17.2 Å². The first-order valence-electron chi connectivity index (χ1n) is 9.51. The van der Waals surface area contributed by atoms with Gasteiger partial charge in [0.1, 0.15) is 0 Å². The fourth-order valence-corrected chi connectivity index (χ4v) is 3.77. The van der Waals surface area contributed by atoms with Gasteiger partial charge in [-0.2, -0.15) is 0 Å². The lowest BCUT2D eigenvalue weighted by Crippen LogP contribution is -2.27. The summed E-state index contributed by atoms with van der Waals surface area (Å²) in [5, 5.41) is 0. The van der Waals surface area contributed by atoms with Crippen molar-refractivity contribution >= 4 is 27.7 Å². The number of primary amides is 1. The Labute approximate surface area is 174 Å². The average Bonchev–Trinajstić information content (AvgIpc) is 2.60. The lowest BCUT2D eigenvalue weighted by atomic mass is 9.85. The van der Waals surface area contributed by atoms with E-state index < -0.39 is 10.0 Å². The summed E-state index contributed by atoms with van der Waals surface area (Å²) in [6, 6.07) is 13.6. The first kappa shape index (κ1) is 22.7. The molecule has 5 nitrogen and oxygen atoms in total. The molecular formula is C23H30N2O3S. The Balaban J connectivity index is 2.20. The van der Waals surface area contributed by atoms with Gasteiger partial charge >= 0.3 is 0 Å². The smallest absolute Gasteiger partial charge is 0.229 e. The zero-order valence-corrected chi connectivity index (χ0v) is 18.3. The highest BCUT2D eigenvalue weighted by Crippen LogP contribution is 2.25. The van der Waals surface area contributed by atoms with Gasteiger partial charge in [0.15, 0.2) is 0 Å². The van der Waals surface area contributed by atoms with Crippen LogP contribution in [0.5, 0.6) is 0 Å². The van der Waals surface area contributed by atoms with E-state index in [4.69, 9.17) is 5.73 Å². The molecule has 0 aliphatic rings. The Hall–Kier alpha value is -2.60. The van der Waals surface area contributed by atoms with Crippen LogP contribution in [0.4, 0.5) is 5.69 Å². The summed E-state index contributed by atoms with van der Waals surface area (Å²) < 4.78 is 25.5. The number of anilines is 1. The first-order valence-corrected chi connectivity index (χ1v) is 11.4. The lowest BCUT2D eigenvalue weighted by molar-refractivity contribution is -0.121. The highest BCUT2D eigenvalue weighted by Gasteiger charge is 2.19. The topological polar surface area (TPSA) is 89.3 Å². The van der Waals surface area contributed by atoms with E-state index in [2.05, 4.69) is 44.2 Å². The van der Waals surface area contributed by atoms with Crippen LogP contribution in [-0.4, -0.2) is 20.6 Å². The zero-order chi connectivity index (χ0) is 21.8. The average molecular weight is 415 g/mol. The van der Waals surface area contributed by atoms with Crippen molar-refractivity contribution in [2.75, 3.05) is 11.0 Å². The minimum atomic E-state index is -3.39. The molecule has 29 heavy (non-hydrogen) atoms. The summed E-state index contributed by atoms with van der Waals surface area (Å²) >= 11 is 0. The molecule has 0 aliphatic carbocycles. The fourth-order valence-electron chi connectivity index (χ4n) is 3.18. The Morgan fingerprint density at radius 1 is 1.10 bits per heavy atom. The van der Waals surface area contributed by atoms with E-state index >= 15 is 0 Å². The van der Waals surface area contributed by atoms with Crippen molar-refractivity contribution in [3.63, 3.8) is 0 Å². The summed E-state index contributed by atoms with van der Waals surface area (Å²) in [5.41, 5.74) is 10.0. The van der Waals surface area contributed by atoms with Gasteiger partial charge in [0.25, 0.3) is 0 Å². The van der Waals surface area contributed by atoms with Crippen molar-refractivity contribution in [1.82, 2.24) is 0 Å². The monoisotopic (exact) mass is 414 g/mol. The van der Waals surface area contributed by atoms with Gasteiger partial charge in [-0.1, -0.05) is 63.8 Å². The van der Waals surface area contributed by atoms with Crippen LogP contribution >= 0.6 is 0 Å². The molecule has 0 fully saturated rings. The van der Waals surface area contributed by atoms with Crippen LogP contribution in [0.15, 0.2) is 49.0 Å². The van der Waals surface area contributed by atoms with Crippen LogP contribution in [0.1, 0.15) is 43.0 Å². The first-order chi connectivity index (χ1) is 13.4. The van der Waals surface area contributed by atoms with Crippen LogP contribution in [0.25, 0.3) is 6.08 Å². The molecule has 6 heteroatoms. The van der Waals surface area contributed by atoms with E-state index in [0.717, 1.165) is 17.4 Å². The number of carbonyl (C=O) groups is 1. The molecule has 0 saturated carbocycles. The van der Waals surface area contributed by atoms with Crippen LogP contribution in [0.2, 0.25) is 0 Å². The van der Waals surface area contributed by atoms with E-state index in [9.17, 15) is 13.2 Å². The quantitative estimate of drug-likeness (QED) is 0.687. The van der Waals surface area contributed by atoms with Gasteiger partial charge in [0.05, 0.1) is 11.9 Å². The summed E-state index contributed by atoms with van der Waals surface area (Å²) in [5.74, 6) is -0.717. The molecule has 0 spiro atoms. The van der Waals surface area contributed by atoms with E-state index in [1.807, 2.05) is 18.2 Å². The van der Waals surface area contributed by atoms with Crippen molar-refractivity contribution in [3.05, 3.63) is 71.3 Å². The highest BCUT2D eigenvalue weighted by atomic mass is 32.2. The third-order valence-electron chi connectivity index (χ3n) is 4.82. The van der Waals surface area contributed by atoms with Crippen LogP contribution < -0.4 is 10.5 Å². The minimum absolute atomic E-state index is 0.0739. The SMILES string of the molecule is C=Cc1cc(CC(Cc2ccc(C(C)(C)C)cc2)C(N)=O)ccc1NS(C)(=O)=O. The molecule has 2 aromatic carbocycles. The molecule has 0 heterocycles. The number of hydrogen-bond donors (Lipinski definition) is 2.